The molecule has 2 N–H and O–H groups in total. The lowest BCUT2D eigenvalue weighted by atomic mass is 9.42. The van der Waals surface area contributed by atoms with E-state index < -0.39 is 23.6 Å². The molecule has 12 unspecified atom stereocenters. The highest BCUT2D eigenvalue weighted by atomic mass is 16.7. The second kappa shape index (κ2) is 6.21. The van der Waals surface area contributed by atoms with Crippen LogP contribution >= 0.6 is 0 Å². The van der Waals surface area contributed by atoms with Gasteiger partial charge in [0, 0.05) is 11.8 Å². The van der Waals surface area contributed by atoms with E-state index in [9.17, 15) is 15.0 Å². The summed E-state index contributed by atoms with van der Waals surface area (Å²) in [6.07, 6.45) is 7.35. The van der Waals surface area contributed by atoms with Crippen molar-refractivity contribution in [1.29, 1.82) is 0 Å². The van der Waals surface area contributed by atoms with Gasteiger partial charge in [0.05, 0.1) is 11.7 Å². The molecule has 35 heavy (non-hydrogen) atoms. The number of ether oxygens (including phenoxy) is 2. The topological polar surface area (TPSA) is 76.0 Å². The van der Waals surface area contributed by atoms with Crippen molar-refractivity contribution < 1.29 is 24.5 Å². The highest BCUT2D eigenvalue weighted by Crippen LogP contribution is 2.89. The largest absolute Gasteiger partial charge is 0.384 e. The quantitative estimate of drug-likeness (QED) is 0.511. The number of carbonyl (C=O) groups is 1. The van der Waals surface area contributed by atoms with Crippen LogP contribution < -0.4 is 0 Å². The van der Waals surface area contributed by atoms with Gasteiger partial charge in [-0.2, -0.15) is 0 Å². The van der Waals surface area contributed by atoms with Gasteiger partial charge in [0.2, 0.25) is 5.79 Å². The maximum atomic E-state index is 12.9. The van der Waals surface area contributed by atoms with Crippen molar-refractivity contribution in [2.45, 2.75) is 130 Å². The molecule has 0 amide bonds. The second-order valence-electron chi connectivity index (χ2n) is 15.7. The molecule has 0 aromatic heterocycles. The van der Waals surface area contributed by atoms with Crippen molar-refractivity contribution in [3.05, 3.63) is 0 Å². The standard InChI is InChI=1S/C30H46O5/c1-16-21-17(34-30(33)22(16)35-25(4,5)23(30)32)14-27(7)19-9-8-18-24(2,3)20(31)10-11-28(18)15-29(19,28)13-12-26(21,27)6/h16-19,21-23,32-33H,8-15H2,1-7H3. The maximum Gasteiger partial charge on any atom is 0.222 e. The summed E-state index contributed by atoms with van der Waals surface area (Å²) in [4.78, 5) is 12.9. The van der Waals surface area contributed by atoms with Crippen LogP contribution in [0.1, 0.15) is 99.8 Å². The molecule has 2 heterocycles. The Morgan fingerprint density at radius 3 is 2.26 bits per heavy atom. The van der Waals surface area contributed by atoms with Gasteiger partial charge < -0.3 is 19.7 Å². The smallest absolute Gasteiger partial charge is 0.222 e. The average molecular weight is 487 g/mol. The summed E-state index contributed by atoms with van der Waals surface area (Å²) in [6.45, 7) is 15.5. The minimum atomic E-state index is -1.63. The van der Waals surface area contributed by atoms with E-state index in [1.165, 1.54) is 32.1 Å². The van der Waals surface area contributed by atoms with Crippen LogP contribution in [0.3, 0.4) is 0 Å². The molecular formula is C30H46O5. The highest BCUT2D eigenvalue weighted by Gasteiger charge is 2.84. The summed E-state index contributed by atoms with van der Waals surface area (Å²) in [5.41, 5.74) is -0.0240. The number of hydrogen-bond acceptors (Lipinski definition) is 5. The van der Waals surface area contributed by atoms with Crippen molar-refractivity contribution in [3.8, 4) is 0 Å². The van der Waals surface area contributed by atoms with Crippen LogP contribution in [0.4, 0.5) is 0 Å². The predicted octanol–water partition coefficient (Wildman–Crippen LogP) is 4.87. The Labute approximate surface area is 210 Å². The van der Waals surface area contributed by atoms with Gasteiger partial charge in [-0.25, -0.2) is 0 Å². The molecule has 2 saturated heterocycles. The van der Waals surface area contributed by atoms with Crippen LogP contribution in [0.25, 0.3) is 0 Å². The molecule has 5 nitrogen and oxygen atoms in total. The SMILES string of the molecule is CC1C2OC(C)(C)C(O)C2(O)OC2CC3(C)C4CCC5C(C)(C)C(=O)CCC56CC46CCC3(C)C21. The normalized spacial score (nSPS) is 63.2. The van der Waals surface area contributed by atoms with E-state index in [2.05, 4.69) is 34.6 Å². The molecule has 5 heteroatoms. The number of aliphatic hydroxyl groups excluding tert-OH is 1. The molecule has 7 fully saturated rings. The Morgan fingerprint density at radius 1 is 0.886 bits per heavy atom. The zero-order valence-electron chi connectivity index (χ0n) is 22.8. The summed E-state index contributed by atoms with van der Waals surface area (Å²) in [5.74, 6) is 0.460. The minimum Gasteiger partial charge on any atom is -0.384 e. The molecule has 7 rings (SSSR count). The highest BCUT2D eigenvalue weighted by molar-refractivity contribution is 5.86. The Kier molecular flexibility index (Phi) is 4.19. The zero-order valence-corrected chi connectivity index (χ0v) is 22.8. The average Bonchev–Trinajstić information content (AvgIpc) is 3.32. The molecule has 7 aliphatic rings. The first-order valence-electron chi connectivity index (χ1n) is 14.4. The van der Waals surface area contributed by atoms with E-state index in [0.717, 1.165) is 19.3 Å². The van der Waals surface area contributed by atoms with Crippen LogP contribution in [0, 0.1) is 50.7 Å². The third kappa shape index (κ3) is 2.29. The van der Waals surface area contributed by atoms with Gasteiger partial charge >= 0.3 is 0 Å². The molecule has 5 aliphatic carbocycles. The van der Waals surface area contributed by atoms with Gasteiger partial charge in [-0.05, 0) is 104 Å². The van der Waals surface area contributed by atoms with Crippen molar-refractivity contribution in [3.63, 3.8) is 0 Å². The molecule has 0 radical (unpaired) electrons. The van der Waals surface area contributed by atoms with E-state index >= 15 is 0 Å². The Morgan fingerprint density at radius 2 is 1.54 bits per heavy atom. The number of fused-ring (bicyclic) bond motifs is 5. The lowest BCUT2D eigenvalue weighted by molar-refractivity contribution is -0.327. The van der Waals surface area contributed by atoms with E-state index in [1.807, 2.05) is 13.8 Å². The van der Waals surface area contributed by atoms with E-state index in [0.29, 0.717) is 34.4 Å². The Balaban J connectivity index is 1.26. The van der Waals surface area contributed by atoms with Crippen LogP contribution in [-0.4, -0.2) is 45.7 Å². The summed E-state index contributed by atoms with van der Waals surface area (Å²) >= 11 is 0. The molecule has 12 atom stereocenters. The van der Waals surface area contributed by atoms with Gasteiger partial charge in [0.25, 0.3) is 0 Å². The van der Waals surface area contributed by atoms with Crippen LogP contribution in [0.2, 0.25) is 0 Å². The fourth-order valence-corrected chi connectivity index (χ4v) is 12.5. The summed E-state index contributed by atoms with van der Waals surface area (Å²) < 4.78 is 12.9. The maximum absolute atomic E-state index is 12.9. The molecule has 2 aliphatic heterocycles. The fourth-order valence-electron chi connectivity index (χ4n) is 12.5. The summed E-state index contributed by atoms with van der Waals surface area (Å²) in [6, 6.07) is 0. The van der Waals surface area contributed by atoms with E-state index in [1.54, 1.807) is 0 Å². The van der Waals surface area contributed by atoms with E-state index in [-0.39, 0.29) is 28.3 Å². The number of carbonyl (C=O) groups excluding carboxylic acids is 1. The first-order valence-corrected chi connectivity index (χ1v) is 14.4. The van der Waals surface area contributed by atoms with Gasteiger partial charge in [-0.3, -0.25) is 4.79 Å². The number of rotatable bonds is 0. The second-order valence-corrected chi connectivity index (χ2v) is 15.7. The number of Topliss-reactive ketones (excluding diaryl/α,β-unsaturated/α-hetero) is 1. The minimum absolute atomic E-state index is 0.0552. The monoisotopic (exact) mass is 486 g/mol. The van der Waals surface area contributed by atoms with Crippen molar-refractivity contribution in [2.24, 2.45) is 50.7 Å². The fraction of sp³-hybridized carbons (Fsp3) is 0.967. The van der Waals surface area contributed by atoms with Crippen LogP contribution in [-0.2, 0) is 14.3 Å². The van der Waals surface area contributed by atoms with Crippen molar-refractivity contribution in [1.82, 2.24) is 0 Å². The van der Waals surface area contributed by atoms with Crippen molar-refractivity contribution in [2.75, 3.05) is 0 Å². The lowest BCUT2D eigenvalue weighted by Gasteiger charge is -2.62. The van der Waals surface area contributed by atoms with Gasteiger partial charge in [-0.1, -0.05) is 34.6 Å². The van der Waals surface area contributed by atoms with E-state index in [4.69, 9.17) is 9.47 Å². The molecule has 5 saturated carbocycles. The van der Waals surface area contributed by atoms with Gasteiger partial charge in [0.1, 0.15) is 18.0 Å². The first-order chi connectivity index (χ1) is 16.1. The third-order valence-electron chi connectivity index (χ3n) is 14.2. The Hall–Kier alpha value is -0.490. The predicted molar refractivity (Wildman–Crippen MR) is 131 cm³/mol. The first kappa shape index (κ1) is 23.6. The van der Waals surface area contributed by atoms with Crippen molar-refractivity contribution >= 4 is 5.78 Å². The number of hydrogen-bond donors (Lipinski definition) is 2. The molecular weight excluding hydrogens is 440 g/mol. The zero-order chi connectivity index (χ0) is 25.2. The molecule has 0 bridgehead atoms. The lowest BCUT2D eigenvalue weighted by Crippen LogP contribution is -2.62. The van der Waals surface area contributed by atoms with Gasteiger partial charge in [0.15, 0.2) is 0 Å². The van der Waals surface area contributed by atoms with Crippen LogP contribution in [0.15, 0.2) is 0 Å². The molecule has 2 spiro atoms. The summed E-state index contributed by atoms with van der Waals surface area (Å²) in [7, 11) is 0. The van der Waals surface area contributed by atoms with Crippen LogP contribution in [0.5, 0.6) is 0 Å². The molecule has 0 aromatic rings. The summed E-state index contributed by atoms with van der Waals surface area (Å²) in [5, 5.41) is 22.7. The number of ketones is 1. The third-order valence-corrected chi connectivity index (χ3v) is 14.2. The Bertz CT molecular complexity index is 1000. The van der Waals surface area contributed by atoms with Gasteiger partial charge in [-0.15, -0.1) is 0 Å². The molecule has 0 aromatic carbocycles. The molecule has 196 valence electrons. The number of aliphatic hydroxyl groups is 2.